The number of halogens is 4. The van der Waals surface area contributed by atoms with Crippen molar-refractivity contribution in [2.45, 2.75) is 25.8 Å². The molecule has 22 heavy (non-hydrogen) atoms. The van der Waals surface area contributed by atoms with E-state index in [0.29, 0.717) is 0 Å². The van der Waals surface area contributed by atoms with Crippen molar-refractivity contribution < 1.29 is 28.2 Å². The number of ether oxygens (including phenoxy) is 2. The number of phenols is 1. The van der Waals surface area contributed by atoms with Crippen LogP contribution in [0.4, 0.5) is 8.78 Å². The molecule has 1 atom stereocenters. The first-order valence-corrected chi connectivity index (χ1v) is 7.00. The monoisotopic (exact) mass is 403 g/mol. The first-order chi connectivity index (χ1) is 9.75. The molecular formula is C13H17BrClF2NO4. The molecule has 5 nitrogen and oxygen atoms in total. The lowest BCUT2D eigenvalue weighted by molar-refractivity contribution is -0.174. The summed E-state index contributed by atoms with van der Waals surface area (Å²) in [5, 5.41) is 9.74. The molecular weight excluding hydrogens is 387 g/mol. The number of carbonyl (C=O) groups excluding carboxylic acids is 1. The van der Waals surface area contributed by atoms with Crippen molar-refractivity contribution in [2.75, 3.05) is 13.2 Å². The predicted molar refractivity (Wildman–Crippen MR) is 82.7 cm³/mol. The quantitative estimate of drug-likeness (QED) is 0.712. The number of alkyl halides is 2. The summed E-state index contributed by atoms with van der Waals surface area (Å²) in [4.78, 5) is 11.3. The molecule has 9 heteroatoms. The van der Waals surface area contributed by atoms with Crippen molar-refractivity contribution in [1.29, 1.82) is 0 Å². The molecule has 3 N–H and O–H groups in total. The minimum Gasteiger partial charge on any atom is -0.503 e. The van der Waals surface area contributed by atoms with Gasteiger partial charge in [-0.15, -0.1) is 12.4 Å². The number of carbonyl (C=O) groups is 1. The van der Waals surface area contributed by atoms with Gasteiger partial charge in [0.2, 0.25) is 0 Å². The van der Waals surface area contributed by atoms with Crippen LogP contribution in [0.15, 0.2) is 16.6 Å². The topological polar surface area (TPSA) is 81.8 Å². The number of nitrogens with two attached hydrogens (primary N) is 1. The van der Waals surface area contributed by atoms with Gasteiger partial charge < -0.3 is 20.3 Å². The highest BCUT2D eigenvalue weighted by atomic mass is 79.9. The predicted octanol–water partition coefficient (Wildman–Crippen LogP) is 3.17. The van der Waals surface area contributed by atoms with Crippen LogP contribution in [0.3, 0.4) is 0 Å². The van der Waals surface area contributed by atoms with Gasteiger partial charge in [-0.2, -0.15) is 8.78 Å². The van der Waals surface area contributed by atoms with Crippen molar-refractivity contribution in [2.24, 2.45) is 5.73 Å². The second-order valence-corrected chi connectivity index (χ2v) is 4.96. The first kappa shape index (κ1) is 20.9. The summed E-state index contributed by atoms with van der Waals surface area (Å²) in [5.74, 6) is -5.82. The first-order valence-electron chi connectivity index (χ1n) is 6.21. The molecule has 0 spiro atoms. The summed E-state index contributed by atoms with van der Waals surface area (Å²) in [6.07, 6.45) is 0. The molecule has 0 saturated carbocycles. The van der Waals surface area contributed by atoms with E-state index in [2.05, 4.69) is 20.7 Å². The zero-order chi connectivity index (χ0) is 16.2. The van der Waals surface area contributed by atoms with E-state index < -0.39 is 17.9 Å². The Bertz CT molecular complexity index is 531. The summed E-state index contributed by atoms with van der Waals surface area (Å²) < 4.78 is 37.4. The Morgan fingerprint density at radius 2 is 2.00 bits per heavy atom. The van der Waals surface area contributed by atoms with Crippen LogP contribution in [0, 0.1) is 0 Å². The van der Waals surface area contributed by atoms with Gasteiger partial charge in [0.1, 0.15) is 6.04 Å². The fourth-order valence-corrected chi connectivity index (χ4v) is 2.06. The summed E-state index contributed by atoms with van der Waals surface area (Å²) in [6, 6.07) is 0.449. The molecule has 0 heterocycles. The standard InChI is InChI=1S/C13H16BrF2NO4.ClH/c1-3-20-9-6-7(5-8(14)10(9)18)11(17)13(15,16)12(19)21-4-2;/h5-6,11,18H,3-4,17H2,1-2H3;1H/t11-;/m1./s1. The van der Waals surface area contributed by atoms with E-state index in [1.807, 2.05) is 0 Å². The number of phenolic OH excluding ortho intramolecular Hbond substituents is 1. The Morgan fingerprint density at radius 3 is 2.50 bits per heavy atom. The fraction of sp³-hybridized carbons (Fsp3) is 0.462. The van der Waals surface area contributed by atoms with Crippen molar-refractivity contribution in [3.05, 3.63) is 22.2 Å². The van der Waals surface area contributed by atoms with Gasteiger partial charge in [-0.25, -0.2) is 4.79 Å². The van der Waals surface area contributed by atoms with Crippen molar-refractivity contribution in [3.63, 3.8) is 0 Å². The lowest BCUT2D eigenvalue weighted by Gasteiger charge is -2.22. The highest BCUT2D eigenvalue weighted by Gasteiger charge is 2.48. The van der Waals surface area contributed by atoms with E-state index in [4.69, 9.17) is 10.5 Å². The smallest absolute Gasteiger partial charge is 0.379 e. The van der Waals surface area contributed by atoms with Crippen LogP contribution in [0.5, 0.6) is 11.5 Å². The fourth-order valence-electron chi connectivity index (χ4n) is 1.60. The van der Waals surface area contributed by atoms with Crippen LogP contribution in [-0.4, -0.2) is 30.2 Å². The van der Waals surface area contributed by atoms with E-state index in [1.165, 1.54) is 19.1 Å². The number of hydrogen-bond donors (Lipinski definition) is 2. The maximum Gasteiger partial charge on any atom is 0.379 e. The molecule has 0 saturated heterocycles. The second-order valence-electron chi connectivity index (χ2n) is 4.10. The number of hydrogen-bond acceptors (Lipinski definition) is 5. The SMILES string of the molecule is CCOC(=O)C(F)(F)[C@H](N)c1cc(Br)c(O)c(OCC)c1.Cl. The van der Waals surface area contributed by atoms with Gasteiger partial charge in [0, 0.05) is 0 Å². The summed E-state index contributed by atoms with van der Waals surface area (Å²) in [6.45, 7) is 3.15. The lowest BCUT2D eigenvalue weighted by atomic mass is 10.0. The maximum absolute atomic E-state index is 13.9. The number of esters is 1. The molecule has 0 aromatic heterocycles. The molecule has 1 aromatic rings. The average molecular weight is 405 g/mol. The van der Waals surface area contributed by atoms with Crippen molar-refractivity contribution in [1.82, 2.24) is 0 Å². The normalized spacial score (nSPS) is 12.3. The van der Waals surface area contributed by atoms with Gasteiger partial charge >= 0.3 is 11.9 Å². The van der Waals surface area contributed by atoms with Gasteiger partial charge in [-0.05, 0) is 47.5 Å². The molecule has 126 valence electrons. The molecule has 0 bridgehead atoms. The second kappa shape index (κ2) is 8.50. The Labute approximate surface area is 141 Å². The molecule has 0 aliphatic carbocycles. The zero-order valence-corrected chi connectivity index (χ0v) is 14.3. The highest BCUT2D eigenvalue weighted by Crippen LogP contribution is 2.40. The Balaban J connectivity index is 0.00000441. The van der Waals surface area contributed by atoms with Crippen LogP contribution in [0.2, 0.25) is 0 Å². The molecule has 0 fully saturated rings. The van der Waals surface area contributed by atoms with Crippen LogP contribution >= 0.6 is 28.3 Å². The number of rotatable bonds is 6. The highest BCUT2D eigenvalue weighted by molar-refractivity contribution is 9.10. The van der Waals surface area contributed by atoms with Crippen LogP contribution < -0.4 is 10.5 Å². The van der Waals surface area contributed by atoms with Crippen LogP contribution in [0.1, 0.15) is 25.5 Å². The van der Waals surface area contributed by atoms with Gasteiger partial charge in [0.05, 0.1) is 17.7 Å². The molecule has 0 amide bonds. The molecule has 0 aliphatic rings. The largest absolute Gasteiger partial charge is 0.503 e. The van der Waals surface area contributed by atoms with E-state index in [9.17, 15) is 18.7 Å². The van der Waals surface area contributed by atoms with Crippen LogP contribution in [0.25, 0.3) is 0 Å². The van der Waals surface area contributed by atoms with Crippen molar-refractivity contribution >= 4 is 34.3 Å². The lowest BCUT2D eigenvalue weighted by Crippen LogP contribution is -2.41. The summed E-state index contributed by atoms with van der Waals surface area (Å²) in [5.41, 5.74) is 5.41. The van der Waals surface area contributed by atoms with E-state index >= 15 is 0 Å². The maximum atomic E-state index is 13.9. The molecule has 0 aliphatic heterocycles. The number of aromatic hydroxyl groups is 1. The Morgan fingerprint density at radius 1 is 1.41 bits per heavy atom. The van der Waals surface area contributed by atoms with Gasteiger partial charge in [-0.1, -0.05) is 0 Å². The van der Waals surface area contributed by atoms with Gasteiger partial charge in [0.25, 0.3) is 0 Å². The Hall–Kier alpha value is -1.12. The third-order valence-electron chi connectivity index (χ3n) is 2.65. The zero-order valence-electron chi connectivity index (χ0n) is 11.9. The molecule has 1 rings (SSSR count). The van der Waals surface area contributed by atoms with Gasteiger partial charge in [-0.3, -0.25) is 0 Å². The third-order valence-corrected chi connectivity index (χ3v) is 3.25. The van der Waals surface area contributed by atoms with Crippen LogP contribution in [-0.2, 0) is 9.53 Å². The third kappa shape index (κ3) is 4.44. The molecule has 0 radical (unpaired) electrons. The minimum absolute atomic E-state index is 0. The number of benzene rings is 1. The molecule has 0 unspecified atom stereocenters. The summed E-state index contributed by atoms with van der Waals surface area (Å²) in [7, 11) is 0. The van der Waals surface area contributed by atoms with E-state index in [-0.39, 0.29) is 47.2 Å². The average Bonchev–Trinajstić information content (AvgIpc) is 2.43. The summed E-state index contributed by atoms with van der Waals surface area (Å²) >= 11 is 3.02. The Kier molecular flexibility index (Phi) is 8.06. The van der Waals surface area contributed by atoms with Crippen molar-refractivity contribution in [3.8, 4) is 11.5 Å². The molecule has 1 aromatic carbocycles. The van der Waals surface area contributed by atoms with E-state index in [1.54, 1.807) is 6.92 Å². The van der Waals surface area contributed by atoms with Gasteiger partial charge in [0.15, 0.2) is 11.5 Å². The minimum atomic E-state index is -3.89. The van der Waals surface area contributed by atoms with E-state index in [0.717, 1.165) is 0 Å².